The van der Waals surface area contributed by atoms with Gasteiger partial charge in [0.25, 0.3) is 5.91 Å². The van der Waals surface area contributed by atoms with Crippen molar-refractivity contribution in [3.05, 3.63) is 48.0 Å². The number of benzene rings is 2. The van der Waals surface area contributed by atoms with E-state index in [-0.39, 0.29) is 12.5 Å². The topological polar surface area (TPSA) is 66.0 Å². The van der Waals surface area contributed by atoms with E-state index >= 15 is 0 Å². The molecule has 146 valence electrons. The number of methoxy groups -OCH3 is 1. The van der Waals surface area contributed by atoms with E-state index in [2.05, 4.69) is 5.32 Å². The highest BCUT2D eigenvalue weighted by Crippen LogP contribution is 2.28. The third-order valence-electron chi connectivity index (χ3n) is 3.75. The summed E-state index contributed by atoms with van der Waals surface area (Å²) in [5, 5.41) is 2.85. The van der Waals surface area contributed by atoms with Crippen LogP contribution in [0.3, 0.4) is 0 Å². The fraction of sp³-hybridized carbons (Fsp3) is 0.381. The first-order valence-corrected chi connectivity index (χ1v) is 9.08. The molecular weight excluding hydrogens is 346 g/mol. The van der Waals surface area contributed by atoms with Crippen LogP contribution in [0.4, 0.5) is 0 Å². The molecule has 0 heterocycles. The number of nitrogens with one attached hydrogen (secondary N) is 1. The first-order valence-electron chi connectivity index (χ1n) is 9.08. The van der Waals surface area contributed by atoms with Crippen LogP contribution >= 0.6 is 0 Å². The van der Waals surface area contributed by atoms with Gasteiger partial charge in [0.2, 0.25) is 0 Å². The summed E-state index contributed by atoms with van der Waals surface area (Å²) in [4.78, 5) is 12.0. The summed E-state index contributed by atoms with van der Waals surface area (Å²) in [7, 11) is 1.59. The largest absolute Gasteiger partial charge is 0.497 e. The molecule has 27 heavy (non-hydrogen) atoms. The summed E-state index contributed by atoms with van der Waals surface area (Å²) >= 11 is 0. The molecule has 0 spiro atoms. The predicted molar refractivity (Wildman–Crippen MR) is 104 cm³/mol. The van der Waals surface area contributed by atoms with Crippen molar-refractivity contribution in [2.75, 3.05) is 33.5 Å². The van der Waals surface area contributed by atoms with Gasteiger partial charge in [-0.25, -0.2) is 0 Å². The molecule has 0 saturated heterocycles. The Labute approximate surface area is 160 Å². The normalized spacial score (nSPS) is 10.2. The van der Waals surface area contributed by atoms with Gasteiger partial charge in [0.15, 0.2) is 18.1 Å². The zero-order valence-electron chi connectivity index (χ0n) is 16.1. The van der Waals surface area contributed by atoms with Crippen molar-refractivity contribution in [2.45, 2.75) is 20.3 Å². The van der Waals surface area contributed by atoms with Crippen molar-refractivity contribution in [3.63, 3.8) is 0 Å². The zero-order valence-corrected chi connectivity index (χ0v) is 16.1. The molecule has 2 aromatic carbocycles. The van der Waals surface area contributed by atoms with E-state index in [0.29, 0.717) is 37.7 Å². The molecule has 6 nitrogen and oxygen atoms in total. The molecule has 2 aromatic rings. The molecular formula is C21H27NO5. The minimum atomic E-state index is -0.172. The molecule has 0 aliphatic carbocycles. The lowest BCUT2D eigenvalue weighted by Gasteiger charge is -2.13. The van der Waals surface area contributed by atoms with Crippen LogP contribution in [0.15, 0.2) is 42.5 Å². The van der Waals surface area contributed by atoms with Crippen molar-refractivity contribution in [1.29, 1.82) is 0 Å². The Morgan fingerprint density at radius 1 is 0.926 bits per heavy atom. The quantitative estimate of drug-likeness (QED) is 0.655. The van der Waals surface area contributed by atoms with Crippen LogP contribution in [0, 0.1) is 0 Å². The number of hydrogen-bond acceptors (Lipinski definition) is 5. The van der Waals surface area contributed by atoms with E-state index in [1.807, 2.05) is 44.2 Å². The lowest BCUT2D eigenvalue weighted by molar-refractivity contribution is -0.123. The van der Waals surface area contributed by atoms with Crippen molar-refractivity contribution < 1.29 is 23.7 Å². The highest BCUT2D eigenvalue weighted by Gasteiger charge is 2.07. The lowest BCUT2D eigenvalue weighted by atomic mass is 10.1. The molecule has 0 saturated carbocycles. The maximum atomic E-state index is 12.0. The molecule has 0 fully saturated rings. The summed E-state index contributed by atoms with van der Waals surface area (Å²) in [5.41, 5.74) is 1.07. The SMILES string of the molecule is CCOc1ccc(CCNC(=O)COc2cccc(OC)c2)cc1OCC. The van der Waals surface area contributed by atoms with E-state index < -0.39 is 0 Å². The molecule has 1 N–H and O–H groups in total. The summed E-state index contributed by atoms with van der Waals surface area (Å²) in [5.74, 6) is 2.57. The van der Waals surface area contributed by atoms with Gasteiger partial charge in [-0.05, 0) is 50.1 Å². The van der Waals surface area contributed by atoms with Gasteiger partial charge in [-0.1, -0.05) is 12.1 Å². The molecule has 0 radical (unpaired) electrons. The van der Waals surface area contributed by atoms with Crippen LogP contribution < -0.4 is 24.3 Å². The number of amides is 1. The van der Waals surface area contributed by atoms with Gasteiger partial charge < -0.3 is 24.3 Å². The van der Waals surface area contributed by atoms with E-state index in [0.717, 1.165) is 17.1 Å². The predicted octanol–water partition coefficient (Wildman–Crippen LogP) is 3.23. The molecule has 6 heteroatoms. The van der Waals surface area contributed by atoms with Crippen molar-refractivity contribution in [2.24, 2.45) is 0 Å². The molecule has 0 atom stereocenters. The van der Waals surface area contributed by atoms with Gasteiger partial charge >= 0.3 is 0 Å². The highest BCUT2D eigenvalue weighted by atomic mass is 16.5. The number of hydrogen-bond donors (Lipinski definition) is 1. The van der Waals surface area contributed by atoms with Crippen LogP contribution in [-0.4, -0.2) is 39.4 Å². The molecule has 0 aliphatic rings. The lowest BCUT2D eigenvalue weighted by Crippen LogP contribution is -2.30. The number of rotatable bonds is 11. The smallest absolute Gasteiger partial charge is 0.257 e. The van der Waals surface area contributed by atoms with Crippen LogP contribution in [0.2, 0.25) is 0 Å². The summed E-state index contributed by atoms with van der Waals surface area (Å²) in [6, 6.07) is 13.0. The van der Waals surface area contributed by atoms with Gasteiger partial charge in [0.05, 0.1) is 20.3 Å². The number of carbonyl (C=O) groups excluding carboxylic acids is 1. The molecule has 2 rings (SSSR count). The van der Waals surface area contributed by atoms with E-state index in [1.54, 1.807) is 19.2 Å². The fourth-order valence-electron chi connectivity index (χ4n) is 2.49. The van der Waals surface area contributed by atoms with Crippen LogP contribution in [-0.2, 0) is 11.2 Å². The molecule has 0 aromatic heterocycles. The maximum Gasteiger partial charge on any atom is 0.257 e. The average molecular weight is 373 g/mol. The van der Waals surface area contributed by atoms with Gasteiger partial charge in [0.1, 0.15) is 11.5 Å². The average Bonchev–Trinajstić information content (AvgIpc) is 2.69. The second kappa shape index (κ2) is 11.0. The molecule has 0 unspecified atom stereocenters. The fourth-order valence-corrected chi connectivity index (χ4v) is 2.49. The highest BCUT2D eigenvalue weighted by molar-refractivity contribution is 5.77. The van der Waals surface area contributed by atoms with Crippen LogP contribution in [0.25, 0.3) is 0 Å². The van der Waals surface area contributed by atoms with Gasteiger partial charge in [-0.3, -0.25) is 4.79 Å². The summed E-state index contributed by atoms with van der Waals surface area (Å²) < 4.78 is 21.8. The molecule has 0 aliphatic heterocycles. The Balaban J connectivity index is 1.79. The standard InChI is InChI=1S/C21H27NO5/c1-4-25-19-10-9-16(13-20(19)26-5-2)11-12-22-21(23)15-27-18-8-6-7-17(14-18)24-3/h6-10,13-14H,4-5,11-12,15H2,1-3H3,(H,22,23). The Morgan fingerprint density at radius 2 is 1.67 bits per heavy atom. The second-order valence-electron chi connectivity index (χ2n) is 5.71. The Morgan fingerprint density at radius 3 is 2.41 bits per heavy atom. The third kappa shape index (κ3) is 6.73. The summed E-state index contributed by atoms with van der Waals surface area (Å²) in [6.07, 6.45) is 0.692. The number of ether oxygens (including phenoxy) is 4. The Kier molecular flexibility index (Phi) is 8.29. The van der Waals surface area contributed by atoms with Gasteiger partial charge in [0, 0.05) is 12.6 Å². The molecule has 1 amide bonds. The first-order chi connectivity index (χ1) is 13.2. The maximum absolute atomic E-state index is 12.0. The van der Waals surface area contributed by atoms with Gasteiger partial charge in [-0.15, -0.1) is 0 Å². The number of carbonyl (C=O) groups is 1. The van der Waals surface area contributed by atoms with Crippen molar-refractivity contribution >= 4 is 5.91 Å². The Bertz CT molecular complexity index is 732. The first kappa shape index (κ1) is 20.4. The Hall–Kier alpha value is -2.89. The van der Waals surface area contributed by atoms with E-state index in [1.165, 1.54) is 0 Å². The third-order valence-corrected chi connectivity index (χ3v) is 3.75. The van der Waals surface area contributed by atoms with Crippen molar-refractivity contribution in [1.82, 2.24) is 5.32 Å². The summed E-state index contributed by atoms with van der Waals surface area (Å²) in [6.45, 7) is 5.50. The van der Waals surface area contributed by atoms with Gasteiger partial charge in [-0.2, -0.15) is 0 Å². The van der Waals surface area contributed by atoms with Crippen molar-refractivity contribution in [3.8, 4) is 23.0 Å². The molecule has 0 bridgehead atoms. The van der Waals surface area contributed by atoms with E-state index in [4.69, 9.17) is 18.9 Å². The van der Waals surface area contributed by atoms with E-state index in [9.17, 15) is 4.79 Å². The zero-order chi connectivity index (χ0) is 19.5. The monoisotopic (exact) mass is 373 g/mol. The minimum Gasteiger partial charge on any atom is -0.497 e. The van der Waals surface area contributed by atoms with Crippen LogP contribution in [0.1, 0.15) is 19.4 Å². The second-order valence-corrected chi connectivity index (χ2v) is 5.71. The minimum absolute atomic E-state index is 0.0410. The van der Waals surface area contributed by atoms with Crippen LogP contribution in [0.5, 0.6) is 23.0 Å².